The number of ether oxygens (including phenoxy) is 1. The second-order valence-corrected chi connectivity index (χ2v) is 9.81. The minimum absolute atomic E-state index is 0.156. The first-order valence-corrected chi connectivity index (χ1v) is 12.9. The van der Waals surface area contributed by atoms with Gasteiger partial charge in [0.1, 0.15) is 0 Å². The highest BCUT2D eigenvalue weighted by Crippen LogP contribution is 2.33. The molecular weight excluding hydrogens is 416 g/mol. The molecule has 0 N–H and O–H groups in total. The maximum Gasteiger partial charge on any atom is 0.0829 e. The Hall–Kier alpha value is -2.62. The summed E-state index contributed by atoms with van der Waals surface area (Å²) in [6.07, 6.45) is 4.76. The number of anilines is 1. The van der Waals surface area contributed by atoms with Crippen LogP contribution in [0.5, 0.6) is 0 Å². The normalized spacial score (nSPS) is 19.4. The first kappa shape index (κ1) is 24.5. The molecule has 180 valence electrons. The summed E-state index contributed by atoms with van der Waals surface area (Å²) in [6, 6.07) is 31.2. The van der Waals surface area contributed by atoms with Crippen molar-refractivity contribution in [1.82, 2.24) is 4.90 Å². The number of unbranched alkanes of at least 4 members (excludes halogenated alkanes) is 1. The Balaban J connectivity index is 1.46. The smallest absolute Gasteiger partial charge is 0.0829 e. The van der Waals surface area contributed by atoms with E-state index in [4.69, 9.17) is 4.74 Å². The van der Waals surface area contributed by atoms with E-state index in [2.05, 4.69) is 116 Å². The van der Waals surface area contributed by atoms with Crippen molar-refractivity contribution in [3.05, 3.63) is 102 Å². The van der Waals surface area contributed by atoms with Crippen molar-refractivity contribution < 1.29 is 4.74 Å². The molecule has 3 atom stereocenters. The summed E-state index contributed by atoms with van der Waals surface area (Å²) >= 11 is 0. The van der Waals surface area contributed by atoms with Gasteiger partial charge in [0, 0.05) is 30.7 Å². The molecule has 34 heavy (non-hydrogen) atoms. The highest BCUT2D eigenvalue weighted by Gasteiger charge is 2.31. The SMILES string of the molecule is CCCCC(OCc1cccc(N2CCC(N(C)C)C(c3ccccc3)C2)c1)c1ccccc1. The topological polar surface area (TPSA) is 15.7 Å². The Bertz CT molecular complexity index is 989. The Morgan fingerprint density at radius 3 is 2.38 bits per heavy atom. The molecule has 0 aromatic heterocycles. The van der Waals surface area contributed by atoms with Crippen molar-refractivity contribution in [2.24, 2.45) is 0 Å². The number of nitrogens with zero attached hydrogens (tertiary/aromatic N) is 2. The van der Waals surface area contributed by atoms with Crippen molar-refractivity contribution in [3.63, 3.8) is 0 Å². The fourth-order valence-electron chi connectivity index (χ4n) is 5.26. The van der Waals surface area contributed by atoms with Gasteiger partial charge in [-0.25, -0.2) is 0 Å². The molecule has 1 saturated heterocycles. The molecular formula is C31H40N2O. The van der Waals surface area contributed by atoms with Crippen LogP contribution in [0, 0.1) is 0 Å². The second-order valence-electron chi connectivity index (χ2n) is 9.81. The van der Waals surface area contributed by atoms with Gasteiger partial charge in [-0.2, -0.15) is 0 Å². The fraction of sp³-hybridized carbons (Fsp3) is 0.419. The maximum atomic E-state index is 6.47. The second kappa shape index (κ2) is 12.2. The van der Waals surface area contributed by atoms with Crippen molar-refractivity contribution in [3.8, 4) is 0 Å². The van der Waals surface area contributed by atoms with Crippen LogP contribution in [0.1, 0.15) is 61.3 Å². The molecule has 1 aliphatic rings. The average Bonchev–Trinajstić information content (AvgIpc) is 2.89. The molecule has 1 aliphatic heterocycles. The predicted octanol–water partition coefficient (Wildman–Crippen LogP) is 7.06. The zero-order chi connectivity index (χ0) is 23.8. The lowest BCUT2D eigenvalue weighted by Gasteiger charge is -2.43. The third kappa shape index (κ3) is 6.28. The number of piperidine rings is 1. The molecule has 4 rings (SSSR count). The van der Waals surface area contributed by atoms with Gasteiger partial charge in [-0.3, -0.25) is 0 Å². The van der Waals surface area contributed by atoms with E-state index in [0.717, 1.165) is 19.5 Å². The van der Waals surface area contributed by atoms with E-state index in [1.165, 1.54) is 41.6 Å². The van der Waals surface area contributed by atoms with Gasteiger partial charge in [-0.1, -0.05) is 92.6 Å². The molecule has 3 aromatic rings. The molecule has 0 bridgehead atoms. The van der Waals surface area contributed by atoms with E-state index in [1.807, 2.05) is 0 Å². The molecule has 0 saturated carbocycles. The summed E-state index contributed by atoms with van der Waals surface area (Å²) in [5.41, 5.74) is 5.28. The molecule has 3 aromatic carbocycles. The average molecular weight is 457 g/mol. The zero-order valence-corrected chi connectivity index (χ0v) is 21.1. The van der Waals surface area contributed by atoms with Gasteiger partial charge in [0.2, 0.25) is 0 Å². The van der Waals surface area contributed by atoms with Crippen LogP contribution in [0.3, 0.4) is 0 Å². The summed E-state index contributed by atoms with van der Waals surface area (Å²) in [6.45, 7) is 5.01. The largest absolute Gasteiger partial charge is 0.371 e. The van der Waals surface area contributed by atoms with Gasteiger partial charge in [0.15, 0.2) is 0 Å². The number of hydrogen-bond acceptors (Lipinski definition) is 3. The summed E-state index contributed by atoms with van der Waals surface area (Å²) in [5.74, 6) is 0.501. The Kier molecular flexibility index (Phi) is 8.79. The summed E-state index contributed by atoms with van der Waals surface area (Å²) in [5, 5.41) is 0. The van der Waals surface area contributed by atoms with Gasteiger partial charge in [0.05, 0.1) is 12.7 Å². The van der Waals surface area contributed by atoms with Crippen molar-refractivity contribution in [1.29, 1.82) is 0 Å². The van der Waals surface area contributed by atoms with Crippen LogP contribution in [0.25, 0.3) is 0 Å². The van der Waals surface area contributed by atoms with Gasteiger partial charge < -0.3 is 14.5 Å². The van der Waals surface area contributed by atoms with Gasteiger partial charge in [-0.05, 0) is 55.8 Å². The summed E-state index contributed by atoms with van der Waals surface area (Å²) < 4.78 is 6.47. The monoisotopic (exact) mass is 456 g/mol. The molecule has 3 unspecified atom stereocenters. The maximum absolute atomic E-state index is 6.47. The van der Waals surface area contributed by atoms with Crippen LogP contribution in [0.4, 0.5) is 5.69 Å². The number of rotatable bonds is 10. The van der Waals surface area contributed by atoms with E-state index in [9.17, 15) is 0 Å². The molecule has 1 fully saturated rings. The molecule has 1 heterocycles. The number of hydrogen-bond donors (Lipinski definition) is 0. The van der Waals surface area contributed by atoms with Crippen LogP contribution >= 0.6 is 0 Å². The van der Waals surface area contributed by atoms with Gasteiger partial charge >= 0.3 is 0 Å². The van der Waals surface area contributed by atoms with Crippen molar-refractivity contribution >= 4 is 5.69 Å². The van der Waals surface area contributed by atoms with Crippen LogP contribution < -0.4 is 4.90 Å². The first-order valence-electron chi connectivity index (χ1n) is 12.9. The molecule has 3 heteroatoms. The molecule has 0 radical (unpaired) electrons. The van der Waals surface area contributed by atoms with E-state index >= 15 is 0 Å². The van der Waals surface area contributed by atoms with Crippen molar-refractivity contribution in [2.75, 3.05) is 32.1 Å². The van der Waals surface area contributed by atoms with E-state index in [1.54, 1.807) is 0 Å². The highest BCUT2D eigenvalue weighted by molar-refractivity contribution is 5.50. The standard InChI is InChI=1S/C31H40N2O/c1-4-5-19-31(27-16-10-7-11-17-27)34-24-25-13-12-18-28(22-25)33-21-20-30(32(2)3)29(23-33)26-14-8-6-9-15-26/h6-18,22,29-31H,4-5,19-21,23-24H2,1-3H3. The van der Waals surface area contributed by atoms with Crippen LogP contribution in [-0.2, 0) is 11.3 Å². The van der Waals surface area contributed by atoms with E-state index < -0.39 is 0 Å². The molecule has 3 nitrogen and oxygen atoms in total. The number of benzene rings is 3. The van der Waals surface area contributed by atoms with Gasteiger partial charge in [0.25, 0.3) is 0 Å². The lowest BCUT2D eigenvalue weighted by molar-refractivity contribution is 0.0324. The quantitative estimate of drug-likeness (QED) is 0.325. The minimum atomic E-state index is 0.156. The predicted molar refractivity (Wildman–Crippen MR) is 143 cm³/mol. The highest BCUT2D eigenvalue weighted by atomic mass is 16.5. The van der Waals surface area contributed by atoms with E-state index in [-0.39, 0.29) is 6.10 Å². The van der Waals surface area contributed by atoms with Gasteiger partial charge in [-0.15, -0.1) is 0 Å². The lowest BCUT2D eigenvalue weighted by Crippen LogP contribution is -2.47. The number of likely N-dealkylation sites (N-methyl/N-ethyl adjacent to an activating group) is 1. The molecule has 0 spiro atoms. The molecule has 0 amide bonds. The Morgan fingerprint density at radius 2 is 1.68 bits per heavy atom. The van der Waals surface area contributed by atoms with Crippen LogP contribution in [-0.4, -0.2) is 38.1 Å². The third-order valence-electron chi connectivity index (χ3n) is 7.19. The Labute approximate surface area is 206 Å². The Morgan fingerprint density at radius 1 is 0.941 bits per heavy atom. The van der Waals surface area contributed by atoms with Crippen molar-refractivity contribution in [2.45, 2.75) is 57.3 Å². The van der Waals surface area contributed by atoms with Crippen LogP contribution in [0.2, 0.25) is 0 Å². The lowest BCUT2D eigenvalue weighted by atomic mass is 9.85. The van der Waals surface area contributed by atoms with Crippen LogP contribution in [0.15, 0.2) is 84.9 Å². The third-order valence-corrected chi connectivity index (χ3v) is 7.19. The summed E-state index contributed by atoms with van der Waals surface area (Å²) in [4.78, 5) is 4.96. The fourth-order valence-corrected chi connectivity index (χ4v) is 5.26. The molecule has 0 aliphatic carbocycles. The van der Waals surface area contributed by atoms with E-state index in [0.29, 0.717) is 18.6 Å². The summed E-state index contributed by atoms with van der Waals surface area (Å²) in [7, 11) is 4.44. The zero-order valence-electron chi connectivity index (χ0n) is 21.1. The first-order chi connectivity index (χ1) is 16.7. The minimum Gasteiger partial charge on any atom is -0.371 e.